The molecular weight excluding hydrogens is 450 g/mol. The number of piperidine rings is 1. The van der Waals surface area contributed by atoms with Gasteiger partial charge in [0.2, 0.25) is 0 Å². The fraction of sp³-hybridized carbons (Fsp3) is 1.00. The fourth-order valence-corrected chi connectivity index (χ4v) is 2.76. The van der Waals surface area contributed by atoms with E-state index in [1.807, 2.05) is 0 Å². The second-order valence-corrected chi connectivity index (χ2v) is 6.93. The lowest BCUT2D eigenvalue weighted by atomic mass is 10.1. The van der Waals surface area contributed by atoms with E-state index in [-0.39, 0.29) is 48.0 Å². The van der Waals surface area contributed by atoms with Gasteiger partial charge in [-0.1, -0.05) is 0 Å². The third-order valence-corrected chi connectivity index (χ3v) is 3.92. The maximum absolute atomic E-state index is 2.46. The van der Waals surface area contributed by atoms with Crippen LogP contribution in [0.3, 0.4) is 0 Å². The minimum absolute atomic E-state index is 0. The largest absolute Gasteiger partial charge is 1.00 e. The highest BCUT2D eigenvalue weighted by molar-refractivity contribution is 4.52. The molecule has 0 aromatic rings. The van der Waals surface area contributed by atoms with E-state index < -0.39 is 0 Å². The summed E-state index contributed by atoms with van der Waals surface area (Å²) in [6.07, 6.45) is 8.61. The van der Waals surface area contributed by atoms with Gasteiger partial charge in [-0.2, -0.15) is 0 Å². The van der Waals surface area contributed by atoms with Crippen LogP contribution in [-0.2, 0) is 0 Å². The molecule has 1 aliphatic heterocycles. The molecule has 0 unspecified atom stereocenters. The fourth-order valence-electron chi connectivity index (χ4n) is 2.76. The quantitative estimate of drug-likeness (QED) is 0.210. The normalized spacial score (nSPS) is 18.7. The van der Waals surface area contributed by atoms with Gasteiger partial charge in [-0.15, -0.1) is 0 Å². The lowest BCUT2D eigenvalue weighted by Gasteiger charge is -2.38. The molecule has 0 radical (unpaired) electrons. The van der Waals surface area contributed by atoms with E-state index >= 15 is 0 Å². The van der Waals surface area contributed by atoms with Crippen molar-refractivity contribution >= 4 is 0 Å². The molecule has 0 N–H and O–H groups in total. The third kappa shape index (κ3) is 10.2. The number of likely N-dealkylation sites (tertiary alicyclic amines) is 1. The van der Waals surface area contributed by atoms with Crippen molar-refractivity contribution < 1.29 is 56.9 Å². The van der Waals surface area contributed by atoms with E-state index in [0.29, 0.717) is 0 Å². The van der Waals surface area contributed by atoms with Gasteiger partial charge in [-0.05, 0) is 38.5 Å². The Morgan fingerprint density at radius 2 is 1.39 bits per heavy atom. The Morgan fingerprint density at radius 1 is 0.833 bits per heavy atom. The molecule has 2 nitrogen and oxygen atoms in total. The summed E-state index contributed by atoms with van der Waals surface area (Å²) in [5, 5.41) is 0. The average molecular weight is 482 g/mol. The highest BCUT2D eigenvalue weighted by Crippen LogP contribution is 2.17. The van der Waals surface area contributed by atoms with Crippen LogP contribution in [0.1, 0.15) is 38.5 Å². The molecule has 0 bridgehead atoms. The topological polar surface area (TPSA) is 0 Å². The van der Waals surface area contributed by atoms with Crippen LogP contribution in [0, 0.1) is 0 Å². The smallest absolute Gasteiger partial charge is 0.0784 e. The number of unbranched alkanes of at least 4 members (excludes halogenated alkanes) is 2. The van der Waals surface area contributed by atoms with E-state index in [1.54, 1.807) is 0 Å². The highest BCUT2D eigenvalue weighted by Gasteiger charge is 2.23. The van der Waals surface area contributed by atoms with E-state index in [4.69, 9.17) is 0 Å². The first kappa shape index (κ1) is 21.7. The molecule has 1 aliphatic rings. The van der Waals surface area contributed by atoms with Gasteiger partial charge in [0.15, 0.2) is 0 Å². The minimum Gasteiger partial charge on any atom is -1.00 e. The van der Waals surface area contributed by atoms with Crippen LogP contribution in [0.25, 0.3) is 0 Å². The molecular formula is C14H32I2N2. The summed E-state index contributed by atoms with van der Waals surface area (Å²) in [7, 11) is 9.33. The van der Waals surface area contributed by atoms with Crippen molar-refractivity contribution in [1.82, 2.24) is 0 Å². The van der Waals surface area contributed by atoms with Gasteiger partial charge in [-0.25, -0.2) is 0 Å². The first-order chi connectivity index (χ1) is 7.41. The Balaban J connectivity index is 0. The molecule has 0 spiro atoms. The molecule has 1 saturated heterocycles. The summed E-state index contributed by atoms with van der Waals surface area (Å²) in [4.78, 5) is 0. The predicted octanol–water partition coefficient (Wildman–Crippen LogP) is -3.50. The van der Waals surface area contributed by atoms with Crippen molar-refractivity contribution in [1.29, 1.82) is 0 Å². The van der Waals surface area contributed by atoms with Crippen LogP contribution in [0.2, 0.25) is 0 Å². The first-order valence-electron chi connectivity index (χ1n) is 7.05. The molecule has 0 atom stereocenters. The van der Waals surface area contributed by atoms with Crippen LogP contribution in [0.4, 0.5) is 0 Å². The summed E-state index contributed by atoms with van der Waals surface area (Å²) >= 11 is 0. The van der Waals surface area contributed by atoms with Crippen molar-refractivity contribution in [3.8, 4) is 0 Å². The molecule has 0 saturated carbocycles. The van der Waals surface area contributed by atoms with Crippen LogP contribution < -0.4 is 48.0 Å². The Kier molecular flexibility index (Phi) is 12.2. The molecule has 0 amide bonds. The molecule has 0 aliphatic carbocycles. The van der Waals surface area contributed by atoms with Crippen LogP contribution in [0.15, 0.2) is 0 Å². The third-order valence-electron chi connectivity index (χ3n) is 3.92. The van der Waals surface area contributed by atoms with Gasteiger partial charge in [0, 0.05) is 0 Å². The highest BCUT2D eigenvalue weighted by atomic mass is 127. The monoisotopic (exact) mass is 482 g/mol. The first-order valence-corrected chi connectivity index (χ1v) is 7.05. The minimum atomic E-state index is 0. The van der Waals surface area contributed by atoms with Gasteiger partial charge in [0.25, 0.3) is 0 Å². The van der Waals surface area contributed by atoms with Crippen molar-refractivity contribution in [2.75, 3.05) is 54.4 Å². The van der Waals surface area contributed by atoms with Gasteiger partial charge in [0.05, 0.1) is 54.4 Å². The number of nitrogens with zero attached hydrogens (tertiary/aromatic N) is 2. The summed E-state index contributed by atoms with van der Waals surface area (Å²) in [6.45, 7) is 5.59. The van der Waals surface area contributed by atoms with Gasteiger partial charge in [-0.3, -0.25) is 0 Å². The molecule has 0 aromatic heterocycles. The van der Waals surface area contributed by atoms with Crippen LogP contribution in [0.5, 0.6) is 0 Å². The number of hydrogen-bond acceptors (Lipinski definition) is 0. The lowest BCUT2D eigenvalue weighted by molar-refractivity contribution is -0.914. The summed E-state index contributed by atoms with van der Waals surface area (Å²) in [5.74, 6) is 0. The van der Waals surface area contributed by atoms with Crippen molar-refractivity contribution in [3.05, 3.63) is 0 Å². The molecule has 0 aromatic carbocycles. The maximum Gasteiger partial charge on any atom is 0.0784 e. The van der Waals surface area contributed by atoms with E-state index in [9.17, 15) is 0 Å². The second-order valence-electron chi connectivity index (χ2n) is 6.93. The van der Waals surface area contributed by atoms with Gasteiger partial charge < -0.3 is 56.9 Å². The summed E-state index contributed by atoms with van der Waals surface area (Å²) < 4.78 is 2.47. The van der Waals surface area contributed by atoms with Crippen LogP contribution in [-0.4, -0.2) is 63.3 Å². The number of halogens is 2. The lowest BCUT2D eigenvalue weighted by Crippen LogP contribution is -3.00. The van der Waals surface area contributed by atoms with E-state index in [2.05, 4.69) is 28.2 Å². The Bertz CT molecular complexity index is 196. The zero-order valence-electron chi connectivity index (χ0n) is 12.7. The maximum atomic E-state index is 2.46. The predicted molar refractivity (Wildman–Crippen MR) is 71.4 cm³/mol. The molecule has 1 rings (SSSR count). The summed E-state index contributed by atoms with van der Waals surface area (Å²) in [6, 6.07) is 0. The molecule has 112 valence electrons. The van der Waals surface area contributed by atoms with E-state index in [0.717, 1.165) is 4.48 Å². The van der Waals surface area contributed by atoms with Crippen molar-refractivity contribution in [2.45, 2.75) is 38.5 Å². The molecule has 1 fully saturated rings. The SMILES string of the molecule is C[N+](C)(C)CCCCC[N+]1(C)CCCCC1.[I-].[I-]. The van der Waals surface area contributed by atoms with Crippen LogP contribution >= 0.6 is 0 Å². The zero-order valence-corrected chi connectivity index (χ0v) is 17.0. The molecule has 18 heavy (non-hydrogen) atoms. The van der Waals surface area contributed by atoms with Crippen molar-refractivity contribution in [3.63, 3.8) is 0 Å². The zero-order chi connectivity index (χ0) is 12.1. The average Bonchev–Trinajstić information content (AvgIpc) is 2.16. The van der Waals surface area contributed by atoms with E-state index in [1.165, 1.54) is 69.2 Å². The number of rotatable bonds is 6. The van der Waals surface area contributed by atoms with Gasteiger partial charge >= 0.3 is 0 Å². The number of hydrogen-bond donors (Lipinski definition) is 0. The van der Waals surface area contributed by atoms with Gasteiger partial charge in [0.1, 0.15) is 0 Å². The Labute approximate surface area is 149 Å². The molecule has 4 heteroatoms. The Morgan fingerprint density at radius 3 is 1.89 bits per heavy atom. The Hall–Kier alpha value is 1.38. The number of quaternary nitrogens is 2. The van der Waals surface area contributed by atoms with Crippen molar-refractivity contribution in [2.24, 2.45) is 0 Å². The standard InChI is InChI=1S/C14H32N2.2HI/c1-15(2,3)11-7-5-8-12-16(4)13-9-6-10-14-16;;/h5-14H2,1-4H3;2*1H/q+2;;/p-2. The second kappa shape index (κ2) is 10.2. The summed E-state index contributed by atoms with van der Waals surface area (Å²) in [5.41, 5.74) is 0. The molecule has 1 heterocycles.